The number of aliphatic hydroxyl groups excluding tert-OH is 8. The van der Waals surface area contributed by atoms with Crippen molar-refractivity contribution in [1.29, 1.82) is 0 Å². The molecule has 0 radical (unpaired) electrons. The number of hydrogen-bond donors (Lipinski definition) is 9. The second-order valence-electron chi connectivity index (χ2n) is 21.8. The van der Waals surface area contributed by atoms with Crippen LogP contribution in [-0.2, 0) is 23.7 Å². The second-order valence-corrected chi connectivity index (χ2v) is 21.8. The van der Waals surface area contributed by atoms with Gasteiger partial charge in [-0.3, -0.25) is 4.79 Å². The van der Waals surface area contributed by atoms with Crippen LogP contribution in [0.5, 0.6) is 0 Å². The lowest BCUT2D eigenvalue weighted by molar-refractivity contribution is -0.359. The van der Waals surface area contributed by atoms with Gasteiger partial charge in [0.05, 0.1) is 32.0 Å². The summed E-state index contributed by atoms with van der Waals surface area (Å²) in [4.78, 5) is 13.2. The predicted molar refractivity (Wildman–Crippen MR) is 313 cm³/mol. The van der Waals surface area contributed by atoms with Crippen molar-refractivity contribution in [2.45, 2.75) is 306 Å². The fraction of sp³-hybridized carbons (Fsp3) is 0.797. The number of ether oxygens (including phenoxy) is 4. The molecule has 2 aliphatic rings. The molecule has 2 aliphatic heterocycles. The van der Waals surface area contributed by atoms with Crippen LogP contribution in [0, 0.1) is 0 Å². The molecule has 12 unspecified atom stereocenters. The summed E-state index contributed by atoms with van der Waals surface area (Å²) in [6.07, 6.45) is 48.6. The van der Waals surface area contributed by atoms with Crippen molar-refractivity contribution in [3.8, 4) is 0 Å². The summed E-state index contributed by atoms with van der Waals surface area (Å²) in [5, 5.41) is 86.9. The van der Waals surface area contributed by atoms with Gasteiger partial charge in [0.15, 0.2) is 12.6 Å². The van der Waals surface area contributed by atoms with Crippen molar-refractivity contribution in [3.63, 3.8) is 0 Å². The molecule has 0 saturated carbocycles. The van der Waals surface area contributed by atoms with Crippen LogP contribution in [-0.4, -0.2) is 140 Å². The van der Waals surface area contributed by atoms with Gasteiger partial charge < -0.3 is 65.1 Å². The zero-order valence-electron chi connectivity index (χ0n) is 48.6. The van der Waals surface area contributed by atoms with E-state index in [1.165, 1.54) is 161 Å². The average Bonchev–Trinajstić information content (AvgIpc) is 3.47. The highest BCUT2D eigenvalue weighted by Gasteiger charge is 2.51. The zero-order chi connectivity index (χ0) is 56.7. The molecule has 0 aromatic heterocycles. The van der Waals surface area contributed by atoms with Crippen LogP contribution in [0.25, 0.3) is 0 Å². The smallest absolute Gasteiger partial charge is 0.220 e. The van der Waals surface area contributed by atoms with Crippen molar-refractivity contribution in [3.05, 3.63) is 72.9 Å². The molecule has 78 heavy (non-hydrogen) atoms. The molecule has 0 aromatic rings. The number of aliphatic hydroxyl groups is 8. The standard InChI is InChI=1S/C64H113NO13/c1-3-5-7-9-11-13-15-17-18-19-20-21-22-23-24-25-26-27-28-29-30-31-32-33-34-36-37-39-41-43-45-47-53(68)52(65-56(69)48-46-44-42-40-38-35-16-14-12-10-8-6-4-2)51-75-63-61(74)59(72)62(55(50-67)77-63)78-64-60(73)58(71)57(70)54(49-66)76-64/h6,8,12,14,35,37-39,42,44-45,47,52-55,57-64,66-68,70-74H,3-5,7,9-11,13,15-34,36,40-41,43,46,48-51H2,1-2H3,(H,65,69)/b8-6-,14-12-,38-35-,39-37+,44-42-,47-45+. The first-order valence-electron chi connectivity index (χ1n) is 31.2. The Balaban J connectivity index is 1.70. The number of carbonyl (C=O) groups is 1. The Kier molecular flexibility index (Phi) is 45.0. The first kappa shape index (κ1) is 71.5. The van der Waals surface area contributed by atoms with Crippen molar-refractivity contribution in [1.82, 2.24) is 5.32 Å². The van der Waals surface area contributed by atoms with Crippen LogP contribution < -0.4 is 5.32 Å². The molecule has 452 valence electrons. The highest BCUT2D eigenvalue weighted by atomic mass is 16.7. The lowest BCUT2D eigenvalue weighted by Crippen LogP contribution is -2.65. The molecule has 12 atom stereocenters. The van der Waals surface area contributed by atoms with Crippen LogP contribution in [0.4, 0.5) is 0 Å². The summed E-state index contributed by atoms with van der Waals surface area (Å²) in [5.41, 5.74) is 0. The quantitative estimate of drug-likeness (QED) is 0.0204. The topological polar surface area (TPSA) is 228 Å². The minimum atomic E-state index is -1.80. The Hall–Kier alpha value is -2.57. The fourth-order valence-electron chi connectivity index (χ4n) is 9.91. The van der Waals surface area contributed by atoms with Crippen molar-refractivity contribution >= 4 is 5.91 Å². The van der Waals surface area contributed by atoms with Crippen molar-refractivity contribution < 1.29 is 64.6 Å². The van der Waals surface area contributed by atoms with E-state index < -0.39 is 86.8 Å². The molecule has 9 N–H and O–H groups in total. The Labute approximate surface area is 472 Å². The minimum Gasteiger partial charge on any atom is -0.394 e. The van der Waals surface area contributed by atoms with Gasteiger partial charge in [0.1, 0.15) is 48.8 Å². The maximum Gasteiger partial charge on any atom is 0.220 e. The molecule has 2 heterocycles. The number of hydrogen-bond acceptors (Lipinski definition) is 13. The molecule has 0 aliphatic carbocycles. The molecule has 14 nitrogen and oxygen atoms in total. The van der Waals surface area contributed by atoms with Gasteiger partial charge in [-0.2, -0.15) is 0 Å². The maximum absolute atomic E-state index is 13.2. The number of allylic oxidation sites excluding steroid dienone is 11. The highest BCUT2D eigenvalue weighted by Crippen LogP contribution is 2.30. The van der Waals surface area contributed by atoms with Crippen molar-refractivity contribution in [2.24, 2.45) is 0 Å². The summed E-state index contributed by atoms with van der Waals surface area (Å²) < 4.78 is 22.7. The number of amides is 1. The third kappa shape index (κ3) is 34.0. The van der Waals surface area contributed by atoms with E-state index in [-0.39, 0.29) is 18.9 Å². The molecular weight excluding hydrogens is 991 g/mol. The number of carbonyl (C=O) groups excluding carboxylic acids is 1. The predicted octanol–water partition coefficient (Wildman–Crippen LogP) is 11.1. The third-order valence-electron chi connectivity index (χ3n) is 14.9. The monoisotopic (exact) mass is 1100 g/mol. The van der Waals surface area contributed by atoms with Gasteiger partial charge in [-0.1, -0.05) is 241 Å². The van der Waals surface area contributed by atoms with E-state index in [4.69, 9.17) is 18.9 Å². The summed E-state index contributed by atoms with van der Waals surface area (Å²) >= 11 is 0. The van der Waals surface area contributed by atoms with E-state index in [2.05, 4.69) is 67.8 Å². The molecule has 2 rings (SSSR count). The van der Waals surface area contributed by atoms with Crippen LogP contribution >= 0.6 is 0 Å². The van der Waals surface area contributed by atoms with Gasteiger partial charge >= 0.3 is 0 Å². The van der Waals surface area contributed by atoms with E-state index in [9.17, 15) is 45.6 Å². The van der Waals surface area contributed by atoms with E-state index >= 15 is 0 Å². The van der Waals surface area contributed by atoms with E-state index in [1.54, 1.807) is 6.08 Å². The zero-order valence-corrected chi connectivity index (χ0v) is 48.6. The third-order valence-corrected chi connectivity index (χ3v) is 14.9. The van der Waals surface area contributed by atoms with Crippen LogP contribution in [0.3, 0.4) is 0 Å². The summed E-state index contributed by atoms with van der Waals surface area (Å²) in [6.45, 7) is 2.61. The Morgan fingerprint density at radius 2 is 0.897 bits per heavy atom. The van der Waals surface area contributed by atoms with Crippen LogP contribution in [0.15, 0.2) is 72.9 Å². The molecule has 2 fully saturated rings. The average molecular weight is 1100 g/mol. The maximum atomic E-state index is 13.2. The Morgan fingerprint density at radius 3 is 1.40 bits per heavy atom. The largest absolute Gasteiger partial charge is 0.394 e. The van der Waals surface area contributed by atoms with E-state index in [0.717, 1.165) is 38.5 Å². The normalized spacial score (nSPS) is 25.1. The van der Waals surface area contributed by atoms with Gasteiger partial charge in [-0.15, -0.1) is 0 Å². The van der Waals surface area contributed by atoms with Crippen LogP contribution in [0.1, 0.15) is 232 Å². The highest BCUT2D eigenvalue weighted by molar-refractivity contribution is 5.76. The molecule has 2 saturated heterocycles. The Bertz CT molecular complexity index is 1580. The molecule has 0 spiro atoms. The minimum absolute atomic E-state index is 0.149. The van der Waals surface area contributed by atoms with E-state index in [0.29, 0.717) is 12.8 Å². The molecule has 1 amide bonds. The van der Waals surface area contributed by atoms with Crippen molar-refractivity contribution in [2.75, 3.05) is 19.8 Å². The fourth-order valence-corrected chi connectivity index (χ4v) is 9.91. The number of rotatable bonds is 49. The summed E-state index contributed by atoms with van der Waals surface area (Å²) in [6, 6.07) is -0.973. The lowest BCUT2D eigenvalue weighted by atomic mass is 9.97. The molecule has 14 heteroatoms. The Morgan fingerprint density at radius 1 is 0.474 bits per heavy atom. The number of unbranched alkanes of at least 4 members (excludes halogenated alkanes) is 26. The number of nitrogens with one attached hydrogen (secondary N) is 1. The molecule has 0 aromatic carbocycles. The summed E-state index contributed by atoms with van der Waals surface area (Å²) in [5.74, 6) is -0.330. The van der Waals surface area contributed by atoms with Gasteiger partial charge in [0, 0.05) is 6.42 Å². The van der Waals surface area contributed by atoms with Gasteiger partial charge in [-0.05, 0) is 57.8 Å². The summed E-state index contributed by atoms with van der Waals surface area (Å²) in [7, 11) is 0. The van der Waals surface area contributed by atoms with Gasteiger partial charge in [0.25, 0.3) is 0 Å². The lowest BCUT2D eigenvalue weighted by Gasteiger charge is -2.46. The first-order chi connectivity index (χ1) is 38.1. The molecular formula is C64H113NO13. The van der Waals surface area contributed by atoms with Gasteiger partial charge in [0.2, 0.25) is 5.91 Å². The first-order valence-corrected chi connectivity index (χ1v) is 31.2. The SMILES string of the molecule is CC/C=C\C/C=C\C/C=C\C/C=C\CCC(=O)NC(COC1OC(CO)C(OC2OC(CO)C(O)C(O)C2O)C(O)C1O)C(O)/C=C/CC/C=C/CCCCCCCCCCCCCCCCCCCCCCCCCCC. The van der Waals surface area contributed by atoms with E-state index in [1.807, 2.05) is 18.2 Å². The van der Waals surface area contributed by atoms with Gasteiger partial charge in [-0.25, -0.2) is 0 Å². The van der Waals surface area contributed by atoms with Crippen LogP contribution in [0.2, 0.25) is 0 Å². The second kappa shape index (κ2) is 49.1. The molecule has 0 bridgehead atoms.